The highest BCUT2D eigenvalue weighted by Gasteiger charge is 2.05. The normalized spacial score (nSPS) is 9.50. The van der Waals surface area contributed by atoms with Crippen molar-refractivity contribution in [2.75, 3.05) is 19.0 Å². The Kier molecular flexibility index (Phi) is 2.94. The van der Waals surface area contributed by atoms with E-state index < -0.39 is 0 Å². The number of carbonyl (C=O) groups is 1. The molecule has 1 amide bonds. The summed E-state index contributed by atoms with van der Waals surface area (Å²) in [6.07, 6.45) is 0. The summed E-state index contributed by atoms with van der Waals surface area (Å²) in [7, 11) is 1.45. The predicted octanol–water partition coefficient (Wildman–Crippen LogP) is -0.556. The van der Waals surface area contributed by atoms with Gasteiger partial charge in [0.1, 0.15) is 0 Å². The van der Waals surface area contributed by atoms with Gasteiger partial charge in [0.05, 0.1) is 13.7 Å². The number of aromatic nitrogens is 2. The van der Waals surface area contributed by atoms with Gasteiger partial charge < -0.3 is 10.5 Å². The summed E-state index contributed by atoms with van der Waals surface area (Å²) in [5.41, 5.74) is 5.07. The molecule has 1 aromatic rings. The van der Waals surface area contributed by atoms with E-state index in [4.69, 9.17) is 10.5 Å². The number of nitrogens with one attached hydrogen (secondary N) is 1. The van der Waals surface area contributed by atoms with Crippen molar-refractivity contribution < 1.29 is 9.53 Å². The maximum Gasteiger partial charge on any atom is 0.329 e. The Hall–Kier alpha value is -1.21. The highest BCUT2D eigenvalue weighted by Crippen LogP contribution is 2.14. The number of anilines is 1. The lowest BCUT2D eigenvalue weighted by atomic mass is 10.6. The van der Waals surface area contributed by atoms with Gasteiger partial charge in [-0.15, -0.1) is 4.37 Å². The largest absolute Gasteiger partial charge is 0.466 e. The molecule has 0 radical (unpaired) electrons. The highest BCUT2D eigenvalue weighted by molar-refractivity contribution is 7.10. The molecule has 1 heterocycles. The quantitative estimate of drug-likeness (QED) is 0.663. The Morgan fingerprint density at radius 1 is 1.83 bits per heavy atom. The molecule has 0 spiro atoms. The molecule has 7 heteroatoms. The number of carbonyl (C=O) groups excluding carboxylic acids is 1. The molecule has 1 aromatic heterocycles. The van der Waals surface area contributed by atoms with Gasteiger partial charge in [0.2, 0.25) is 11.0 Å². The fourth-order valence-corrected chi connectivity index (χ4v) is 1.07. The zero-order valence-corrected chi connectivity index (χ0v) is 7.22. The van der Waals surface area contributed by atoms with Crippen LogP contribution in [-0.2, 0) is 4.79 Å². The van der Waals surface area contributed by atoms with E-state index in [-0.39, 0.29) is 18.5 Å². The molecule has 0 saturated carbocycles. The first-order valence-electron chi connectivity index (χ1n) is 3.14. The lowest BCUT2D eigenvalue weighted by molar-refractivity contribution is -0.114. The van der Waals surface area contributed by atoms with Crippen molar-refractivity contribution in [1.29, 1.82) is 0 Å². The SMILES string of the molecule is COc1nsc(NC(=O)CN)n1. The van der Waals surface area contributed by atoms with E-state index in [1.807, 2.05) is 0 Å². The third-order valence-electron chi connectivity index (χ3n) is 1.02. The van der Waals surface area contributed by atoms with Crippen molar-refractivity contribution in [1.82, 2.24) is 9.36 Å². The van der Waals surface area contributed by atoms with Crippen LogP contribution in [0.4, 0.5) is 5.13 Å². The second kappa shape index (κ2) is 3.98. The van der Waals surface area contributed by atoms with Crippen LogP contribution in [-0.4, -0.2) is 28.9 Å². The Bertz CT molecular complexity index is 274. The first-order chi connectivity index (χ1) is 5.76. The molecule has 66 valence electrons. The Labute approximate surface area is 72.9 Å². The minimum Gasteiger partial charge on any atom is -0.466 e. The molecule has 0 atom stereocenters. The van der Waals surface area contributed by atoms with Crippen LogP contribution < -0.4 is 15.8 Å². The summed E-state index contributed by atoms with van der Waals surface area (Å²) in [6, 6.07) is 0.243. The van der Waals surface area contributed by atoms with Gasteiger partial charge in [0, 0.05) is 11.5 Å². The van der Waals surface area contributed by atoms with Crippen molar-refractivity contribution in [2.24, 2.45) is 5.73 Å². The number of nitrogens with two attached hydrogens (primary N) is 1. The molecular weight excluding hydrogens is 180 g/mol. The fraction of sp³-hybridized carbons (Fsp3) is 0.400. The van der Waals surface area contributed by atoms with Crippen LogP contribution >= 0.6 is 11.5 Å². The lowest BCUT2D eigenvalue weighted by Gasteiger charge is -1.94. The van der Waals surface area contributed by atoms with Crippen molar-refractivity contribution in [2.45, 2.75) is 0 Å². The van der Waals surface area contributed by atoms with Gasteiger partial charge in [0.25, 0.3) is 0 Å². The molecular formula is C5H8N4O2S. The van der Waals surface area contributed by atoms with E-state index >= 15 is 0 Å². The van der Waals surface area contributed by atoms with Crippen LogP contribution in [0.1, 0.15) is 0 Å². The predicted molar refractivity (Wildman–Crippen MR) is 44.1 cm³/mol. The first-order valence-corrected chi connectivity index (χ1v) is 3.91. The average Bonchev–Trinajstić information content (AvgIpc) is 2.52. The van der Waals surface area contributed by atoms with E-state index in [0.29, 0.717) is 5.13 Å². The summed E-state index contributed by atoms with van der Waals surface area (Å²) >= 11 is 1.04. The van der Waals surface area contributed by atoms with Crippen LogP contribution in [0.15, 0.2) is 0 Å². The Morgan fingerprint density at radius 2 is 2.58 bits per heavy atom. The molecule has 0 aromatic carbocycles. The maximum atomic E-state index is 10.7. The van der Waals surface area contributed by atoms with Gasteiger partial charge >= 0.3 is 6.01 Å². The summed E-state index contributed by atoms with van der Waals surface area (Å²) in [5, 5.41) is 2.84. The molecule has 0 aliphatic rings. The van der Waals surface area contributed by atoms with Gasteiger partial charge in [-0.25, -0.2) is 0 Å². The molecule has 0 aliphatic carbocycles. The topological polar surface area (TPSA) is 90.1 Å². The minimum atomic E-state index is -0.297. The zero-order valence-electron chi connectivity index (χ0n) is 6.40. The van der Waals surface area contributed by atoms with Crippen molar-refractivity contribution in [3.63, 3.8) is 0 Å². The van der Waals surface area contributed by atoms with E-state index in [0.717, 1.165) is 11.5 Å². The number of nitrogens with zero attached hydrogens (tertiary/aromatic N) is 2. The number of hydrogen-bond acceptors (Lipinski definition) is 6. The van der Waals surface area contributed by atoms with Crippen LogP contribution in [0.3, 0.4) is 0 Å². The molecule has 0 unspecified atom stereocenters. The second-order valence-corrected chi connectivity index (χ2v) is 2.59. The van der Waals surface area contributed by atoms with E-state index in [9.17, 15) is 4.79 Å². The van der Waals surface area contributed by atoms with E-state index in [1.54, 1.807) is 0 Å². The molecule has 1 rings (SSSR count). The van der Waals surface area contributed by atoms with Crippen molar-refractivity contribution in [3.8, 4) is 6.01 Å². The zero-order chi connectivity index (χ0) is 8.97. The maximum absolute atomic E-state index is 10.7. The third kappa shape index (κ3) is 2.14. The number of rotatable bonds is 3. The Morgan fingerprint density at radius 3 is 3.08 bits per heavy atom. The minimum absolute atomic E-state index is 0.0676. The van der Waals surface area contributed by atoms with Crippen molar-refractivity contribution >= 4 is 22.6 Å². The summed E-state index contributed by atoms with van der Waals surface area (Å²) in [6.45, 7) is -0.0676. The number of hydrogen-bond donors (Lipinski definition) is 2. The highest BCUT2D eigenvalue weighted by atomic mass is 32.1. The average molecular weight is 188 g/mol. The van der Waals surface area contributed by atoms with Crippen LogP contribution in [0, 0.1) is 0 Å². The van der Waals surface area contributed by atoms with E-state index in [2.05, 4.69) is 14.7 Å². The third-order valence-corrected chi connectivity index (χ3v) is 1.64. The number of methoxy groups -OCH3 is 1. The van der Waals surface area contributed by atoms with Gasteiger partial charge in [-0.05, 0) is 0 Å². The molecule has 3 N–H and O–H groups in total. The summed E-state index contributed by atoms with van der Waals surface area (Å²) in [5.74, 6) is -0.297. The monoisotopic (exact) mass is 188 g/mol. The van der Waals surface area contributed by atoms with Gasteiger partial charge in [0.15, 0.2) is 0 Å². The van der Waals surface area contributed by atoms with E-state index in [1.165, 1.54) is 7.11 Å². The lowest BCUT2D eigenvalue weighted by Crippen LogP contribution is -2.21. The standard InChI is InChI=1S/C5H8N4O2S/c1-11-4-8-5(12-9-4)7-3(10)2-6/h2,6H2,1H3,(H,7,8,9,10). The van der Waals surface area contributed by atoms with Crippen LogP contribution in [0.5, 0.6) is 6.01 Å². The van der Waals surface area contributed by atoms with Crippen LogP contribution in [0.2, 0.25) is 0 Å². The second-order valence-electron chi connectivity index (χ2n) is 1.84. The number of amides is 1. The van der Waals surface area contributed by atoms with Crippen LogP contribution in [0.25, 0.3) is 0 Å². The van der Waals surface area contributed by atoms with Gasteiger partial charge in [-0.2, -0.15) is 4.98 Å². The van der Waals surface area contributed by atoms with Gasteiger partial charge in [-0.3, -0.25) is 10.1 Å². The first kappa shape index (κ1) is 8.88. The van der Waals surface area contributed by atoms with Crippen molar-refractivity contribution in [3.05, 3.63) is 0 Å². The molecule has 0 aliphatic heterocycles. The summed E-state index contributed by atoms with van der Waals surface area (Å²) in [4.78, 5) is 14.6. The fourth-order valence-electron chi connectivity index (χ4n) is 0.514. The molecule has 0 fully saturated rings. The Balaban J connectivity index is 2.58. The number of ether oxygens (including phenoxy) is 1. The molecule has 0 saturated heterocycles. The van der Waals surface area contributed by atoms with Gasteiger partial charge in [-0.1, -0.05) is 0 Å². The smallest absolute Gasteiger partial charge is 0.329 e. The molecule has 0 bridgehead atoms. The molecule has 12 heavy (non-hydrogen) atoms. The summed E-state index contributed by atoms with van der Waals surface area (Å²) < 4.78 is 8.49. The molecule has 6 nitrogen and oxygen atoms in total.